The van der Waals surface area contributed by atoms with Crippen LogP contribution in [0.4, 0.5) is 0 Å². The van der Waals surface area contributed by atoms with Crippen LogP contribution in [0.15, 0.2) is 48.9 Å². The zero-order valence-electron chi connectivity index (χ0n) is 8.83. The summed E-state index contributed by atoms with van der Waals surface area (Å²) in [5, 5.41) is 1.09. The van der Waals surface area contributed by atoms with Crippen LogP contribution in [0.2, 0.25) is 0 Å². The summed E-state index contributed by atoms with van der Waals surface area (Å²) in [6.45, 7) is 0. The number of thiophene rings is 1. The number of carbonyl (C=O) groups excluding carboxylic acids is 1. The number of hydrogen-bond acceptors (Lipinski definition) is 4. The van der Waals surface area contributed by atoms with E-state index in [0.29, 0.717) is 10.6 Å². The summed E-state index contributed by atoms with van der Waals surface area (Å²) in [5.74, 6) is -0.0701. The Morgan fingerprint density at radius 2 is 2.06 bits per heavy atom. The van der Waals surface area contributed by atoms with Crippen molar-refractivity contribution in [3.63, 3.8) is 0 Å². The second-order valence-electron chi connectivity index (χ2n) is 3.57. The zero-order chi connectivity index (χ0) is 11.7. The number of nitrogens with zero attached hydrogens (tertiary/aromatic N) is 2. The highest BCUT2D eigenvalue weighted by molar-refractivity contribution is 7.21. The van der Waals surface area contributed by atoms with Crippen molar-refractivity contribution in [1.82, 2.24) is 9.97 Å². The predicted molar refractivity (Wildman–Crippen MR) is 67.3 cm³/mol. The standard InChI is InChI=1S/C13H8N2OS/c16-13(10-8-14-5-6-15-10)12-7-9-3-1-2-4-11(9)17-12/h1-8H. The van der Waals surface area contributed by atoms with Crippen molar-refractivity contribution >= 4 is 27.2 Å². The lowest BCUT2D eigenvalue weighted by Gasteiger charge is -1.94. The van der Waals surface area contributed by atoms with Crippen molar-refractivity contribution in [3.05, 3.63) is 59.5 Å². The molecule has 0 N–H and O–H groups in total. The molecule has 0 aliphatic rings. The molecule has 1 aromatic carbocycles. The molecule has 0 unspecified atom stereocenters. The fourth-order valence-corrected chi connectivity index (χ4v) is 2.65. The SMILES string of the molecule is O=C(c1cnccn1)c1cc2ccccc2s1. The zero-order valence-corrected chi connectivity index (χ0v) is 9.65. The van der Waals surface area contributed by atoms with Crippen LogP contribution in [-0.4, -0.2) is 15.8 Å². The molecule has 0 aliphatic heterocycles. The average Bonchev–Trinajstić information content (AvgIpc) is 2.82. The lowest BCUT2D eigenvalue weighted by Crippen LogP contribution is -2.01. The van der Waals surface area contributed by atoms with Crippen LogP contribution in [0.3, 0.4) is 0 Å². The molecule has 3 aromatic rings. The molecule has 82 valence electrons. The minimum atomic E-state index is -0.0701. The summed E-state index contributed by atoms with van der Waals surface area (Å²) in [6, 6.07) is 9.84. The first-order valence-corrected chi connectivity index (χ1v) is 5.95. The summed E-state index contributed by atoms with van der Waals surface area (Å²) in [7, 11) is 0. The molecule has 0 radical (unpaired) electrons. The van der Waals surface area contributed by atoms with Gasteiger partial charge in [-0.25, -0.2) is 4.98 Å². The lowest BCUT2D eigenvalue weighted by molar-refractivity contribution is 0.103. The molecule has 17 heavy (non-hydrogen) atoms. The van der Waals surface area contributed by atoms with E-state index in [2.05, 4.69) is 9.97 Å². The van der Waals surface area contributed by atoms with E-state index in [4.69, 9.17) is 0 Å². The topological polar surface area (TPSA) is 42.9 Å². The maximum absolute atomic E-state index is 12.1. The van der Waals surface area contributed by atoms with Gasteiger partial charge in [0.1, 0.15) is 5.69 Å². The molecule has 2 aromatic heterocycles. The van der Waals surface area contributed by atoms with E-state index < -0.39 is 0 Å². The Kier molecular flexibility index (Phi) is 2.42. The fraction of sp³-hybridized carbons (Fsp3) is 0. The summed E-state index contributed by atoms with van der Waals surface area (Å²) >= 11 is 1.48. The number of benzene rings is 1. The van der Waals surface area contributed by atoms with Crippen LogP contribution < -0.4 is 0 Å². The Balaban J connectivity index is 2.07. The van der Waals surface area contributed by atoms with Gasteiger partial charge in [0.25, 0.3) is 0 Å². The molecule has 0 saturated carbocycles. The molecule has 0 aliphatic carbocycles. The van der Waals surface area contributed by atoms with Gasteiger partial charge in [0.2, 0.25) is 5.78 Å². The van der Waals surface area contributed by atoms with Gasteiger partial charge in [0, 0.05) is 17.1 Å². The lowest BCUT2D eigenvalue weighted by atomic mass is 10.2. The highest BCUT2D eigenvalue weighted by atomic mass is 32.1. The predicted octanol–water partition coefficient (Wildman–Crippen LogP) is 2.92. The van der Waals surface area contributed by atoms with Crippen LogP contribution in [0, 0.1) is 0 Å². The molecule has 3 nitrogen and oxygen atoms in total. The van der Waals surface area contributed by atoms with E-state index in [0.717, 1.165) is 10.1 Å². The van der Waals surface area contributed by atoms with Crippen molar-refractivity contribution in [2.24, 2.45) is 0 Å². The normalized spacial score (nSPS) is 10.6. The highest BCUT2D eigenvalue weighted by Gasteiger charge is 2.13. The quantitative estimate of drug-likeness (QED) is 0.647. The molecule has 0 spiro atoms. The van der Waals surface area contributed by atoms with Crippen LogP contribution >= 0.6 is 11.3 Å². The van der Waals surface area contributed by atoms with Gasteiger partial charge in [-0.15, -0.1) is 11.3 Å². The molecule has 3 rings (SSSR count). The van der Waals surface area contributed by atoms with E-state index in [9.17, 15) is 4.79 Å². The average molecular weight is 240 g/mol. The number of hydrogen-bond donors (Lipinski definition) is 0. The van der Waals surface area contributed by atoms with Gasteiger partial charge >= 0.3 is 0 Å². The summed E-state index contributed by atoms with van der Waals surface area (Å²) in [5.41, 5.74) is 0.388. The Hall–Kier alpha value is -2.07. The third-order valence-electron chi connectivity index (χ3n) is 2.45. The number of ketones is 1. The van der Waals surface area contributed by atoms with Crippen LogP contribution in [0.25, 0.3) is 10.1 Å². The largest absolute Gasteiger partial charge is 0.286 e. The fourth-order valence-electron chi connectivity index (χ4n) is 1.64. The Bertz CT molecular complexity index is 643. The van der Waals surface area contributed by atoms with Crippen molar-refractivity contribution in [2.75, 3.05) is 0 Å². The van der Waals surface area contributed by atoms with Crippen molar-refractivity contribution < 1.29 is 4.79 Å². The first-order valence-electron chi connectivity index (χ1n) is 5.14. The van der Waals surface area contributed by atoms with E-state index in [1.54, 1.807) is 6.20 Å². The van der Waals surface area contributed by atoms with Gasteiger partial charge in [-0.3, -0.25) is 9.78 Å². The Morgan fingerprint density at radius 1 is 1.18 bits per heavy atom. The number of fused-ring (bicyclic) bond motifs is 1. The van der Waals surface area contributed by atoms with Crippen molar-refractivity contribution in [2.45, 2.75) is 0 Å². The van der Waals surface area contributed by atoms with Gasteiger partial charge in [0.05, 0.1) is 11.1 Å². The van der Waals surface area contributed by atoms with Gasteiger partial charge < -0.3 is 0 Å². The summed E-state index contributed by atoms with van der Waals surface area (Å²) in [6.07, 6.45) is 4.58. The molecule has 2 heterocycles. The second kappa shape index (κ2) is 4.07. The van der Waals surface area contributed by atoms with E-state index in [-0.39, 0.29) is 5.78 Å². The van der Waals surface area contributed by atoms with Crippen molar-refractivity contribution in [3.8, 4) is 0 Å². The number of rotatable bonds is 2. The molecule has 0 amide bonds. The Labute approximate surface area is 102 Å². The second-order valence-corrected chi connectivity index (χ2v) is 4.65. The monoisotopic (exact) mass is 240 g/mol. The maximum Gasteiger partial charge on any atom is 0.222 e. The van der Waals surface area contributed by atoms with Crippen molar-refractivity contribution in [1.29, 1.82) is 0 Å². The van der Waals surface area contributed by atoms with Gasteiger partial charge in [-0.2, -0.15) is 0 Å². The van der Waals surface area contributed by atoms with Crippen LogP contribution in [-0.2, 0) is 0 Å². The smallest absolute Gasteiger partial charge is 0.222 e. The van der Waals surface area contributed by atoms with Gasteiger partial charge in [0.15, 0.2) is 0 Å². The molecule has 0 bridgehead atoms. The first-order chi connectivity index (χ1) is 8.34. The summed E-state index contributed by atoms with van der Waals surface area (Å²) in [4.78, 5) is 20.8. The number of carbonyl (C=O) groups is 1. The third-order valence-corrected chi connectivity index (χ3v) is 3.56. The van der Waals surface area contributed by atoms with Crippen LogP contribution in [0.1, 0.15) is 15.4 Å². The minimum Gasteiger partial charge on any atom is -0.286 e. The molecule has 0 fully saturated rings. The Morgan fingerprint density at radius 3 is 2.82 bits per heavy atom. The van der Waals surface area contributed by atoms with Gasteiger partial charge in [-0.1, -0.05) is 18.2 Å². The highest BCUT2D eigenvalue weighted by Crippen LogP contribution is 2.26. The maximum atomic E-state index is 12.1. The first kappa shape index (κ1) is 10.1. The third kappa shape index (κ3) is 1.83. The van der Waals surface area contributed by atoms with E-state index >= 15 is 0 Å². The van der Waals surface area contributed by atoms with Gasteiger partial charge in [-0.05, 0) is 17.5 Å². The molecule has 0 atom stereocenters. The molecular formula is C13H8N2OS. The van der Waals surface area contributed by atoms with E-state index in [1.165, 1.54) is 23.7 Å². The minimum absolute atomic E-state index is 0.0701. The van der Waals surface area contributed by atoms with Crippen LogP contribution in [0.5, 0.6) is 0 Å². The molecule has 4 heteroatoms. The van der Waals surface area contributed by atoms with E-state index in [1.807, 2.05) is 30.3 Å². The molecule has 0 saturated heterocycles. The number of aromatic nitrogens is 2. The summed E-state index contributed by atoms with van der Waals surface area (Å²) < 4.78 is 1.11. The molecular weight excluding hydrogens is 232 g/mol.